The zero-order chi connectivity index (χ0) is 66.6. The first-order valence-corrected chi connectivity index (χ1v) is 32.7. The average molecular weight is 1410 g/mol. The number of carbonyl (C=O) groups excluding carboxylic acids is 6. The molecular formula is C67H82F6N8O12V2-2. The van der Waals surface area contributed by atoms with Crippen molar-refractivity contribution >= 4 is 58.6 Å². The van der Waals surface area contributed by atoms with E-state index in [1.165, 1.54) is 34.1 Å². The van der Waals surface area contributed by atoms with E-state index in [9.17, 15) is 55.1 Å². The molecule has 28 heteroatoms. The van der Waals surface area contributed by atoms with E-state index in [1.54, 1.807) is 6.92 Å². The van der Waals surface area contributed by atoms with Gasteiger partial charge in [-0.25, -0.2) is 42.1 Å². The van der Waals surface area contributed by atoms with Gasteiger partial charge in [-0.1, -0.05) is 99.6 Å². The molecule has 4 saturated carbocycles. The number of amides is 4. The summed E-state index contributed by atoms with van der Waals surface area (Å²) in [5.74, 6) is 0.320. The molecule has 2 saturated heterocycles. The second kappa shape index (κ2) is 29.1. The number of fused-ring (bicyclic) bond motifs is 14. The molecule has 4 aromatic rings. The van der Waals surface area contributed by atoms with Gasteiger partial charge in [-0.15, -0.1) is 26.3 Å². The molecule has 0 spiro atoms. The van der Waals surface area contributed by atoms with E-state index < -0.39 is 107 Å². The number of carbonyl (C=O) groups is 4. The molecule has 516 valence electrons. The minimum absolute atomic E-state index is 0. The van der Waals surface area contributed by atoms with Gasteiger partial charge in [-0.05, 0) is 147 Å². The number of hydrogen-bond donors (Lipinski definition) is 2. The Morgan fingerprint density at radius 3 is 1.37 bits per heavy atom. The van der Waals surface area contributed by atoms with Crippen molar-refractivity contribution < 1.29 is 121 Å². The fraction of sp³-hybridized carbons (Fsp3) is 0.672. The average Bonchev–Trinajstić information content (AvgIpc) is 1.70. The van der Waals surface area contributed by atoms with Crippen molar-refractivity contribution in [3.8, 4) is 23.3 Å². The minimum atomic E-state index is -4.87. The monoisotopic (exact) mass is 1410 g/mol. The van der Waals surface area contributed by atoms with Crippen molar-refractivity contribution in [2.45, 2.75) is 213 Å². The summed E-state index contributed by atoms with van der Waals surface area (Å²) in [4.78, 5) is 101. The van der Waals surface area contributed by atoms with E-state index in [-0.39, 0.29) is 97.0 Å². The minimum Gasteiger partial charge on any atom is -0.540 e. The van der Waals surface area contributed by atoms with E-state index in [4.69, 9.17) is 28.9 Å². The van der Waals surface area contributed by atoms with E-state index in [0.29, 0.717) is 65.4 Å². The van der Waals surface area contributed by atoms with Crippen LogP contribution in [0.1, 0.15) is 150 Å². The van der Waals surface area contributed by atoms with Gasteiger partial charge >= 0.3 is 24.9 Å². The Bertz CT molecular complexity index is 3470. The van der Waals surface area contributed by atoms with Gasteiger partial charge in [0.25, 0.3) is 0 Å². The first kappa shape index (κ1) is 73.1. The third-order valence-corrected chi connectivity index (χ3v) is 20.3. The summed E-state index contributed by atoms with van der Waals surface area (Å²) in [5, 5.41) is 5.65. The number of aryl methyl sites for hydroxylation is 2. The number of hydrogen-bond acceptors (Lipinski definition) is 16. The van der Waals surface area contributed by atoms with E-state index >= 15 is 0 Å². The zero-order valence-electron chi connectivity index (χ0n) is 54.5. The predicted octanol–water partition coefficient (Wildman–Crippen LogP) is 11.4. The van der Waals surface area contributed by atoms with Crippen LogP contribution in [0.2, 0.25) is 0 Å². The number of ether oxygens (including phenoxy) is 6. The number of alkyl halides is 6. The molecule has 4 aliphatic heterocycles. The summed E-state index contributed by atoms with van der Waals surface area (Å²) < 4.78 is 111. The van der Waals surface area contributed by atoms with Crippen molar-refractivity contribution in [1.29, 1.82) is 0 Å². The number of benzene rings is 2. The molecule has 95 heavy (non-hydrogen) atoms. The van der Waals surface area contributed by atoms with Gasteiger partial charge in [0.1, 0.15) is 59.4 Å². The molecule has 4 bridgehead atoms. The van der Waals surface area contributed by atoms with Crippen molar-refractivity contribution in [2.75, 3.05) is 13.1 Å². The summed E-state index contributed by atoms with van der Waals surface area (Å²) in [6, 6.07) is 3.70. The molecule has 20 nitrogen and oxygen atoms in total. The molecule has 12 rings (SSSR count). The number of rotatable bonds is 5. The van der Waals surface area contributed by atoms with Crippen LogP contribution >= 0.6 is 0 Å². The molecule has 2 N–H and O–H groups in total. The van der Waals surface area contributed by atoms with Gasteiger partial charge < -0.3 is 58.4 Å². The van der Waals surface area contributed by atoms with Gasteiger partial charge in [0.05, 0.1) is 35.2 Å². The number of nitrogens with zero attached hydrogens (tertiary/aromatic N) is 6. The fourth-order valence-electron chi connectivity index (χ4n) is 15.3. The van der Waals surface area contributed by atoms with Crippen LogP contribution in [0.25, 0.3) is 22.1 Å². The van der Waals surface area contributed by atoms with Crippen molar-refractivity contribution in [3.63, 3.8) is 0 Å². The first-order chi connectivity index (χ1) is 44.0. The Labute approximate surface area is 572 Å². The van der Waals surface area contributed by atoms with E-state index in [2.05, 4.69) is 30.1 Å². The Morgan fingerprint density at radius 1 is 0.537 bits per heavy atom. The molecule has 2 aromatic heterocycles. The number of halogens is 6. The molecule has 4 aliphatic carbocycles. The van der Waals surface area contributed by atoms with Crippen LogP contribution in [0, 0.1) is 58.2 Å². The number of nitrogens with one attached hydrogen (secondary N) is 2. The maximum Gasteiger partial charge on any atom is 0.573 e. The normalized spacial score (nSPS) is 31.3. The largest absolute Gasteiger partial charge is 0.573 e. The van der Waals surface area contributed by atoms with E-state index in [1.807, 2.05) is 61.0 Å². The van der Waals surface area contributed by atoms with Gasteiger partial charge in [0, 0.05) is 49.2 Å². The number of alkyl carbamates (subject to hydrolysis) is 2. The summed E-state index contributed by atoms with van der Waals surface area (Å²) >= 11 is 0. The maximum atomic E-state index is 14.2. The molecule has 4 unspecified atom stereocenters. The predicted molar refractivity (Wildman–Crippen MR) is 324 cm³/mol. The molecule has 2 aromatic carbocycles. The second-order valence-electron chi connectivity index (χ2n) is 28.8. The Balaban J connectivity index is 0.000000219. The Kier molecular flexibility index (Phi) is 22.4. The van der Waals surface area contributed by atoms with Crippen molar-refractivity contribution in [1.82, 2.24) is 40.4 Å². The maximum absolute atomic E-state index is 14.2. The van der Waals surface area contributed by atoms with Crippen LogP contribution < -0.4 is 29.6 Å². The Morgan fingerprint density at radius 2 is 0.958 bits per heavy atom. The second-order valence-corrected chi connectivity index (χ2v) is 28.8. The van der Waals surface area contributed by atoms with Gasteiger partial charge in [-0.2, -0.15) is 0 Å². The standard InChI is InChI=1S/C34H42F3N4O6.C33H40F3N4O6.2V/c1-5-20-26(17-42)41-16-28(20)45-30-24(38-23-12-11-19(15-25(23)39-30)47-34(35,36)37)10-8-6-7-9-21-22-13-18(22)14-27(21)46-32(44)40-29(31(41)43)33(2,3)4;1-17-25(16-41)40-15-27(17)44-29-23(37-22-11-10-19(14-24(22)38-29)46-33(34,35)36)9-7-5-6-8-20-21-12-18(21)13-26(20)45-31(43)39-28(30(40)42)32(2,3)4;;/h11-12,15,18,20-22,26-29H,5-10,13-14,16H2,1-4H3,(H,40,44);10-11,14,17-18,20-21,25-28H,5-9,12-13,15H2,1-4H3,(H,39,43);;/q2*-1;;/t18?,20-,21+,22?,26+,27+,28-,29+;17-,18?,20+,21?,25+,26+,27-,28+;;/m00../s1. The summed E-state index contributed by atoms with van der Waals surface area (Å²) in [7, 11) is 0. The molecule has 8 aliphatic rings. The van der Waals surface area contributed by atoms with Crippen molar-refractivity contribution in [2.24, 2.45) is 58.2 Å². The van der Waals surface area contributed by atoms with Crippen LogP contribution in [0.15, 0.2) is 36.4 Å². The molecular weight excluding hydrogens is 1320 g/mol. The first-order valence-electron chi connectivity index (χ1n) is 32.7. The fourth-order valence-corrected chi connectivity index (χ4v) is 15.3. The SMILES string of the molecule is CC[C@@H]1[C@@H]2CN(C(=O)[C@H](C(C)(C)C)NC(=O)O[C@@H]3CC4CC4[C@H]3CCCCCc3nc4ccc(OC(F)(F)F)cc4nc3O2)[C@@H]1[C-]=O.C[C@@H]1[C@@H]2CN(C(=O)[C@H](C(C)(C)C)NC(=O)O[C@@H]3CC4CC4[C@H]3CCCCCc3nc4ccc(OC(F)(F)F)cc4nc3O2)[C@@H]1[C-]=O.[V].[V]. The van der Waals surface area contributed by atoms with E-state index in [0.717, 1.165) is 89.2 Å². The molecule has 4 amide bonds. The van der Waals surface area contributed by atoms with Gasteiger partial charge in [0.2, 0.25) is 23.6 Å². The van der Waals surface area contributed by atoms with Gasteiger partial charge in [-0.3, -0.25) is 9.59 Å². The van der Waals surface area contributed by atoms with Crippen LogP contribution in [0.5, 0.6) is 23.3 Å². The third kappa shape index (κ3) is 16.9. The summed E-state index contributed by atoms with van der Waals surface area (Å²) in [6.45, 7) is 14.7. The smallest absolute Gasteiger partial charge is 0.540 e. The molecule has 16 atom stereocenters. The molecule has 6 fully saturated rings. The van der Waals surface area contributed by atoms with Crippen molar-refractivity contribution in [3.05, 3.63) is 47.8 Å². The summed E-state index contributed by atoms with van der Waals surface area (Å²) in [6.07, 6.45) is 3.66. The summed E-state index contributed by atoms with van der Waals surface area (Å²) in [5.41, 5.74) is 0.779. The quantitative estimate of drug-likeness (QED) is 0.139. The van der Waals surface area contributed by atoms with Crippen LogP contribution in [0.4, 0.5) is 35.9 Å². The third-order valence-electron chi connectivity index (χ3n) is 20.3. The van der Waals surface area contributed by atoms with Gasteiger partial charge in [0.15, 0.2) is 0 Å². The van der Waals surface area contributed by atoms with Crippen LogP contribution in [0.3, 0.4) is 0 Å². The topological polar surface area (TPSA) is 240 Å². The zero-order valence-corrected chi connectivity index (χ0v) is 57.3. The molecule has 2 radical (unpaired) electrons. The van der Waals surface area contributed by atoms with Crippen LogP contribution in [-0.4, -0.2) is 141 Å². The van der Waals surface area contributed by atoms with Crippen LogP contribution in [-0.2, 0) is 78.6 Å². The Hall–Kier alpha value is -6.11. The molecule has 6 heterocycles. The number of aromatic nitrogens is 4.